The smallest absolute Gasteiger partial charge is 0.338 e. The highest BCUT2D eigenvalue weighted by Gasteiger charge is 2.29. The fraction of sp³-hybridized carbons (Fsp3) is 0.556. The third-order valence-corrected chi connectivity index (χ3v) is 4.81. The number of hydrogen-bond acceptors (Lipinski definition) is 7. The van der Waals surface area contributed by atoms with E-state index < -0.39 is 17.5 Å². The number of morpholine rings is 1. The maximum Gasteiger partial charge on any atom is 0.338 e. The van der Waals surface area contributed by atoms with E-state index in [1.54, 1.807) is 0 Å². The van der Waals surface area contributed by atoms with E-state index in [2.05, 4.69) is 5.32 Å². The Morgan fingerprint density at radius 3 is 2.70 bits per heavy atom. The number of nitrogens with one attached hydrogen (secondary N) is 1. The van der Waals surface area contributed by atoms with E-state index in [1.165, 1.54) is 18.2 Å². The SMILES string of the molecule is C[C@@H](NC(=O)COC(=O)c1ccc(N2CCOCC2)c([N+](=O)[O-])c1)C1CC1. The van der Waals surface area contributed by atoms with Gasteiger partial charge in [-0.05, 0) is 37.8 Å². The van der Waals surface area contributed by atoms with Crippen molar-refractivity contribution in [3.8, 4) is 0 Å². The lowest BCUT2D eigenvalue weighted by Crippen LogP contribution is -2.37. The number of nitro groups is 1. The van der Waals surface area contributed by atoms with Crippen LogP contribution in [0.15, 0.2) is 18.2 Å². The number of anilines is 1. The topological polar surface area (TPSA) is 111 Å². The monoisotopic (exact) mass is 377 g/mol. The summed E-state index contributed by atoms with van der Waals surface area (Å²) in [5, 5.41) is 14.2. The Labute approximate surface area is 156 Å². The highest BCUT2D eigenvalue weighted by molar-refractivity contribution is 5.93. The van der Waals surface area contributed by atoms with E-state index in [0.29, 0.717) is 37.9 Å². The molecule has 0 bridgehead atoms. The van der Waals surface area contributed by atoms with Crippen molar-refractivity contribution >= 4 is 23.3 Å². The third-order valence-electron chi connectivity index (χ3n) is 4.81. The average Bonchev–Trinajstić information content (AvgIpc) is 3.51. The minimum Gasteiger partial charge on any atom is -0.452 e. The van der Waals surface area contributed by atoms with Crippen molar-refractivity contribution in [2.75, 3.05) is 37.8 Å². The van der Waals surface area contributed by atoms with Gasteiger partial charge in [0, 0.05) is 25.2 Å². The number of hydrogen-bond donors (Lipinski definition) is 1. The van der Waals surface area contributed by atoms with Crippen LogP contribution >= 0.6 is 0 Å². The molecule has 1 aliphatic heterocycles. The zero-order valence-corrected chi connectivity index (χ0v) is 15.2. The molecule has 1 saturated carbocycles. The van der Waals surface area contributed by atoms with Crippen molar-refractivity contribution in [1.29, 1.82) is 0 Å². The van der Waals surface area contributed by atoms with Gasteiger partial charge in [0.1, 0.15) is 5.69 Å². The second-order valence-electron chi connectivity index (χ2n) is 6.83. The van der Waals surface area contributed by atoms with Crippen molar-refractivity contribution in [2.45, 2.75) is 25.8 Å². The third kappa shape index (κ3) is 4.94. The molecule has 9 heteroatoms. The van der Waals surface area contributed by atoms with Crippen molar-refractivity contribution in [3.63, 3.8) is 0 Å². The summed E-state index contributed by atoms with van der Waals surface area (Å²) in [7, 11) is 0. The quantitative estimate of drug-likeness (QED) is 0.435. The Morgan fingerprint density at radius 2 is 2.07 bits per heavy atom. The molecule has 1 aromatic rings. The summed E-state index contributed by atoms with van der Waals surface area (Å²) in [5.41, 5.74) is 0.316. The van der Waals surface area contributed by atoms with Crippen molar-refractivity contribution < 1.29 is 24.0 Å². The van der Waals surface area contributed by atoms with Crippen LogP contribution in [-0.2, 0) is 14.3 Å². The molecule has 0 radical (unpaired) electrons. The van der Waals surface area contributed by atoms with Crippen LogP contribution in [0.5, 0.6) is 0 Å². The molecule has 2 fully saturated rings. The summed E-state index contributed by atoms with van der Waals surface area (Å²) < 4.78 is 10.3. The molecule has 9 nitrogen and oxygen atoms in total. The molecule has 0 aromatic heterocycles. The second-order valence-corrected chi connectivity index (χ2v) is 6.83. The van der Waals surface area contributed by atoms with Crippen LogP contribution in [0.3, 0.4) is 0 Å². The van der Waals surface area contributed by atoms with Crippen LogP contribution in [0.2, 0.25) is 0 Å². The van der Waals surface area contributed by atoms with Gasteiger partial charge in [-0.2, -0.15) is 0 Å². The summed E-state index contributed by atoms with van der Waals surface area (Å²) in [6.45, 7) is 3.60. The number of benzene rings is 1. The Kier molecular flexibility index (Phi) is 5.90. The van der Waals surface area contributed by atoms with Gasteiger partial charge in [-0.3, -0.25) is 14.9 Å². The summed E-state index contributed by atoms with van der Waals surface area (Å²) >= 11 is 0. The van der Waals surface area contributed by atoms with Gasteiger partial charge in [-0.25, -0.2) is 4.79 Å². The molecule has 3 rings (SSSR count). The first-order valence-corrected chi connectivity index (χ1v) is 9.03. The van der Waals surface area contributed by atoms with Gasteiger partial charge >= 0.3 is 5.97 Å². The van der Waals surface area contributed by atoms with Gasteiger partial charge < -0.3 is 19.7 Å². The summed E-state index contributed by atoms with van der Waals surface area (Å²) in [5.74, 6) is -0.636. The summed E-state index contributed by atoms with van der Waals surface area (Å²) in [6, 6.07) is 4.27. The van der Waals surface area contributed by atoms with E-state index in [1.807, 2.05) is 11.8 Å². The number of amides is 1. The molecular weight excluding hydrogens is 354 g/mol. The Hall–Kier alpha value is -2.68. The number of nitro benzene ring substituents is 1. The number of rotatable bonds is 7. The molecule has 2 aliphatic rings. The number of ether oxygens (including phenoxy) is 2. The van der Waals surface area contributed by atoms with E-state index in [4.69, 9.17) is 9.47 Å². The Balaban J connectivity index is 1.62. The molecule has 146 valence electrons. The van der Waals surface area contributed by atoms with Gasteiger partial charge in [-0.15, -0.1) is 0 Å². The molecule has 1 atom stereocenters. The molecule has 0 unspecified atom stereocenters. The van der Waals surface area contributed by atoms with Crippen LogP contribution in [0.4, 0.5) is 11.4 Å². The van der Waals surface area contributed by atoms with E-state index in [0.717, 1.165) is 12.8 Å². The molecule has 1 aromatic carbocycles. The number of carbonyl (C=O) groups is 2. The molecular formula is C18H23N3O6. The lowest BCUT2D eigenvalue weighted by atomic mass is 10.1. The normalized spacial score (nSPS) is 17.9. The number of nitrogens with zero attached hydrogens (tertiary/aromatic N) is 2. The fourth-order valence-electron chi connectivity index (χ4n) is 3.09. The first-order chi connectivity index (χ1) is 13.0. The Morgan fingerprint density at radius 1 is 1.37 bits per heavy atom. The second kappa shape index (κ2) is 8.34. The molecule has 0 spiro atoms. The average molecular weight is 377 g/mol. The molecule has 1 N–H and O–H groups in total. The maximum absolute atomic E-state index is 12.2. The van der Waals surface area contributed by atoms with Crippen LogP contribution in [0, 0.1) is 16.0 Å². The summed E-state index contributed by atoms with van der Waals surface area (Å²) in [6.07, 6.45) is 2.20. The van der Waals surface area contributed by atoms with Crippen LogP contribution in [0.1, 0.15) is 30.1 Å². The molecule has 1 heterocycles. The summed E-state index contributed by atoms with van der Waals surface area (Å²) in [4.78, 5) is 36.8. The van der Waals surface area contributed by atoms with Crippen LogP contribution < -0.4 is 10.2 Å². The molecule has 1 saturated heterocycles. The predicted molar refractivity (Wildman–Crippen MR) is 96.7 cm³/mol. The Bertz CT molecular complexity index is 728. The van der Waals surface area contributed by atoms with Gasteiger partial charge in [0.2, 0.25) is 0 Å². The minimum absolute atomic E-state index is 0.0433. The lowest BCUT2D eigenvalue weighted by molar-refractivity contribution is -0.384. The number of carbonyl (C=O) groups excluding carboxylic acids is 2. The predicted octanol–water partition coefficient (Wildman–Crippen LogP) is 1.50. The standard InChI is InChI=1S/C18H23N3O6/c1-12(13-2-3-13)19-17(22)11-27-18(23)14-4-5-15(16(10-14)21(24)25)20-6-8-26-9-7-20/h4-5,10,12-13H,2-3,6-9,11H2,1H3,(H,19,22)/t12-/m1/s1. The fourth-order valence-corrected chi connectivity index (χ4v) is 3.09. The van der Waals surface area contributed by atoms with Crippen LogP contribution in [-0.4, -0.2) is 55.8 Å². The highest BCUT2D eigenvalue weighted by Crippen LogP contribution is 2.32. The van der Waals surface area contributed by atoms with E-state index in [9.17, 15) is 19.7 Å². The molecule has 1 aliphatic carbocycles. The number of esters is 1. The molecule has 1 amide bonds. The zero-order chi connectivity index (χ0) is 19.4. The van der Waals surface area contributed by atoms with Crippen molar-refractivity contribution in [1.82, 2.24) is 5.32 Å². The minimum atomic E-state index is -0.763. The van der Waals surface area contributed by atoms with E-state index in [-0.39, 0.29) is 23.2 Å². The highest BCUT2D eigenvalue weighted by atomic mass is 16.6. The van der Waals surface area contributed by atoms with Gasteiger partial charge in [0.15, 0.2) is 6.61 Å². The van der Waals surface area contributed by atoms with Crippen LogP contribution in [0.25, 0.3) is 0 Å². The molecule has 27 heavy (non-hydrogen) atoms. The van der Waals surface area contributed by atoms with Crippen molar-refractivity contribution in [2.24, 2.45) is 5.92 Å². The van der Waals surface area contributed by atoms with Crippen molar-refractivity contribution in [3.05, 3.63) is 33.9 Å². The first-order valence-electron chi connectivity index (χ1n) is 9.03. The van der Waals surface area contributed by atoms with Gasteiger partial charge in [-0.1, -0.05) is 0 Å². The zero-order valence-electron chi connectivity index (χ0n) is 15.2. The first kappa shape index (κ1) is 19.1. The maximum atomic E-state index is 12.2. The van der Waals surface area contributed by atoms with E-state index >= 15 is 0 Å². The van der Waals surface area contributed by atoms with Gasteiger partial charge in [0.05, 0.1) is 23.7 Å². The largest absolute Gasteiger partial charge is 0.452 e. The van der Waals surface area contributed by atoms with Gasteiger partial charge in [0.25, 0.3) is 11.6 Å². The lowest BCUT2D eigenvalue weighted by Gasteiger charge is -2.28.